The summed E-state index contributed by atoms with van der Waals surface area (Å²) in [5.41, 5.74) is 1.18. The second kappa shape index (κ2) is 9.31. The van der Waals surface area contributed by atoms with Crippen LogP contribution in [0.3, 0.4) is 0 Å². The van der Waals surface area contributed by atoms with E-state index in [0.29, 0.717) is 28.5 Å². The van der Waals surface area contributed by atoms with Gasteiger partial charge in [0.1, 0.15) is 0 Å². The highest BCUT2D eigenvalue weighted by Gasteiger charge is 2.28. The highest BCUT2D eigenvalue weighted by Crippen LogP contribution is 2.35. The van der Waals surface area contributed by atoms with E-state index < -0.39 is 23.0 Å². The Morgan fingerprint density at radius 3 is 2.60 bits per heavy atom. The molecule has 8 heteroatoms. The van der Waals surface area contributed by atoms with Gasteiger partial charge in [-0.3, -0.25) is 14.3 Å². The summed E-state index contributed by atoms with van der Waals surface area (Å²) in [7, 11) is 1.45. The molecular formula is C17H22ClN2O4S-. The van der Waals surface area contributed by atoms with E-state index in [2.05, 4.69) is 10.6 Å². The molecule has 0 spiro atoms. The maximum atomic E-state index is 12.6. The standard InChI is InChI=1S/C17H23ClN2O4S/c1-19-17(22)20-16(21)14(8-11-4-2-3-5-11)12-6-7-13(10-25(23)24)15(18)9-12/h6-7,9,11,14H,2-5,8,10H2,1H3,(H,23,24)(H2,19,20,21,22)/p-1/t14-/m1/s1. The Morgan fingerprint density at radius 1 is 1.36 bits per heavy atom. The van der Waals surface area contributed by atoms with Gasteiger partial charge in [0.2, 0.25) is 5.91 Å². The van der Waals surface area contributed by atoms with Crippen molar-refractivity contribution < 1.29 is 18.4 Å². The van der Waals surface area contributed by atoms with Gasteiger partial charge in [-0.25, -0.2) is 4.79 Å². The van der Waals surface area contributed by atoms with Crippen molar-refractivity contribution in [2.24, 2.45) is 5.92 Å². The average Bonchev–Trinajstić information content (AvgIpc) is 3.07. The molecule has 0 bridgehead atoms. The fourth-order valence-corrected chi connectivity index (χ4v) is 4.10. The lowest BCUT2D eigenvalue weighted by Gasteiger charge is -2.21. The van der Waals surface area contributed by atoms with Gasteiger partial charge in [0, 0.05) is 17.8 Å². The maximum absolute atomic E-state index is 12.6. The topological polar surface area (TPSA) is 98.3 Å². The molecule has 1 aliphatic rings. The largest absolute Gasteiger partial charge is 0.772 e. The number of halogens is 1. The van der Waals surface area contributed by atoms with Crippen LogP contribution in [0, 0.1) is 5.92 Å². The van der Waals surface area contributed by atoms with E-state index in [0.717, 1.165) is 25.7 Å². The van der Waals surface area contributed by atoms with E-state index in [1.54, 1.807) is 18.2 Å². The van der Waals surface area contributed by atoms with Gasteiger partial charge in [-0.05, 0) is 29.5 Å². The Morgan fingerprint density at radius 2 is 2.04 bits per heavy atom. The van der Waals surface area contributed by atoms with Gasteiger partial charge in [0.05, 0.1) is 5.92 Å². The Hall–Kier alpha value is -1.44. The van der Waals surface area contributed by atoms with Crippen molar-refractivity contribution in [2.45, 2.75) is 43.8 Å². The minimum atomic E-state index is -2.23. The zero-order valence-corrected chi connectivity index (χ0v) is 15.6. The van der Waals surface area contributed by atoms with Gasteiger partial charge in [0.15, 0.2) is 0 Å². The summed E-state index contributed by atoms with van der Waals surface area (Å²) in [6.07, 6.45) is 5.11. The number of amides is 3. The molecule has 6 nitrogen and oxygen atoms in total. The van der Waals surface area contributed by atoms with E-state index in [-0.39, 0.29) is 11.7 Å². The molecule has 0 radical (unpaired) electrons. The Balaban J connectivity index is 2.23. The Kier molecular flexibility index (Phi) is 7.40. The van der Waals surface area contributed by atoms with E-state index in [1.165, 1.54) is 7.05 Å². The minimum absolute atomic E-state index is 0.170. The fraction of sp³-hybridized carbons (Fsp3) is 0.529. The molecule has 25 heavy (non-hydrogen) atoms. The first-order valence-corrected chi connectivity index (χ1v) is 9.89. The predicted octanol–water partition coefficient (Wildman–Crippen LogP) is 2.84. The van der Waals surface area contributed by atoms with Crippen LogP contribution < -0.4 is 10.6 Å². The minimum Gasteiger partial charge on any atom is -0.772 e. The number of benzene rings is 1. The molecule has 1 fully saturated rings. The highest BCUT2D eigenvalue weighted by molar-refractivity contribution is 7.78. The van der Waals surface area contributed by atoms with Crippen LogP contribution in [-0.2, 0) is 21.6 Å². The molecule has 1 saturated carbocycles. The second-order valence-corrected chi connectivity index (χ2v) is 7.61. The number of carbonyl (C=O) groups is 2. The number of urea groups is 1. The summed E-state index contributed by atoms with van der Waals surface area (Å²) in [6.45, 7) is 0. The molecule has 2 N–H and O–H groups in total. The molecule has 1 unspecified atom stereocenters. The van der Waals surface area contributed by atoms with Gasteiger partial charge >= 0.3 is 6.03 Å². The van der Waals surface area contributed by atoms with Crippen LogP contribution in [0.2, 0.25) is 5.02 Å². The summed E-state index contributed by atoms with van der Waals surface area (Å²) in [5.74, 6) is -0.600. The molecule has 0 saturated heterocycles. The van der Waals surface area contributed by atoms with Crippen molar-refractivity contribution in [3.05, 3.63) is 34.3 Å². The van der Waals surface area contributed by atoms with Crippen LogP contribution in [0.25, 0.3) is 0 Å². The third-order valence-corrected chi connectivity index (χ3v) is 5.48. The molecule has 1 aromatic carbocycles. The summed E-state index contributed by atoms with van der Waals surface area (Å²) in [6, 6.07) is 4.43. The zero-order chi connectivity index (χ0) is 18.4. The van der Waals surface area contributed by atoms with Crippen molar-refractivity contribution in [1.82, 2.24) is 10.6 Å². The van der Waals surface area contributed by atoms with Crippen LogP contribution in [0.15, 0.2) is 18.2 Å². The third-order valence-electron chi connectivity index (χ3n) is 4.58. The molecule has 0 aromatic heterocycles. The zero-order valence-electron chi connectivity index (χ0n) is 14.0. The smallest absolute Gasteiger partial charge is 0.321 e. The number of hydrogen-bond donors (Lipinski definition) is 2. The molecular weight excluding hydrogens is 364 g/mol. The number of carbonyl (C=O) groups excluding carboxylic acids is 2. The van der Waals surface area contributed by atoms with Gasteiger partial charge in [-0.1, -0.05) is 60.5 Å². The van der Waals surface area contributed by atoms with E-state index in [4.69, 9.17) is 11.6 Å². The number of rotatable bonds is 6. The summed E-state index contributed by atoms with van der Waals surface area (Å²) >= 11 is 3.96. The van der Waals surface area contributed by atoms with Gasteiger partial charge in [-0.2, -0.15) is 0 Å². The first kappa shape index (κ1) is 19.9. The van der Waals surface area contributed by atoms with Crippen molar-refractivity contribution in [2.75, 3.05) is 7.05 Å². The number of nitrogens with one attached hydrogen (secondary N) is 2. The van der Waals surface area contributed by atoms with Crippen LogP contribution in [0.4, 0.5) is 4.79 Å². The number of imide groups is 1. The fourth-order valence-electron chi connectivity index (χ4n) is 3.26. The molecule has 1 aliphatic carbocycles. The monoisotopic (exact) mass is 385 g/mol. The third kappa shape index (κ3) is 5.80. The first-order valence-electron chi connectivity index (χ1n) is 8.27. The molecule has 0 heterocycles. The Labute approximate surface area is 155 Å². The SMILES string of the molecule is CNC(=O)NC(=O)[C@H](CC1CCCC1)c1ccc(CS(=O)[O-])c(Cl)c1. The van der Waals surface area contributed by atoms with Crippen LogP contribution in [0.5, 0.6) is 0 Å². The summed E-state index contributed by atoms with van der Waals surface area (Å²) in [5, 5.41) is 5.02. The lowest BCUT2D eigenvalue weighted by Crippen LogP contribution is -2.40. The second-order valence-electron chi connectivity index (χ2n) is 6.31. The van der Waals surface area contributed by atoms with E-state index in [9.17, 15) is 18.4 Å². The van der Waals surface area contributed by atoms with E-state index >= 15 is 0 Å². The van der Waals surface area contributed by atoms with Crippen molar-refractivity contribution in [1.29, 1.82) is 0 Å². The van der Waals surface area contributed by atoms with Gasteiger partial charge in [0.25, 0.3) is 0 Å². The molecule has 3 amide bonds. The quantitative estimate of drug-likeness (QED) is 0.735. The van der Waals surface area contributed by atoms with E-state index in [1.807, 2.05) is 0 Å². The summed E-state index contributed by atoms with van der Waals surface area (Å²) in [4.78, 5) is 24.1. The lowest BCUT2D eigenvalue weighted by atomic mass is 9.87. The summed E-state index contributed by atoms with van der Waals surface area (Å²) < 4.78 is 21.7. The average molecular weight is 386 g/mol. The van der Waals surface area contributed by atoms with Crippen LogP contribution >= 0.6 is 11.6 Å². The van der Waals surface area contributed by atoms with Crippen molar-refractivity contribution in [3.63, 3.8) is 0 Å². The van der Waals surface area contributed by atoms with Crippen molar-refractivity contribution >= 4 is 34.6 Å². The van der Waals surface area contributed by atoms with Gasteiger partial charge in [-0.15, -0.1) is 0 Å². The highest BCUT2D eigenvalue weighted by atomic mass is 35.5. The van der Waals surface area contributed by atoms with Crippen LogP contribution in [-0.4, -0.2) is 27.7 Å². The lowest BCUT2D eigenvalue weighted by molar-refractivity contribution is -0.121. The molecule has 2 rings (SSSR count). The first-order chi connectivity index (χ1) is 11.9. The van der Waals surface area contributed by atoms with Gasteiger partial charge < -0.3 is 9.87 Å². The van der Waals surface area contributed by atoms with Crippen molar-refractivity contribution in [3.8, 4) is 0 Å². The molecule has 0 aliphatic heterocycles. The maximum Gasteiger partial charge on any atom is 0.321 e. The molecule has 2 atom stereocenters. The Bertz CT molecular complexity index is 662. The predicted molar refractivity (Wildman–Crippen MR) is 96.0 cm³/mol. The number of hydrogen-bond acceptors (Lipinski definition) is 4. The molecule has 138 valence electrons. The van der Waals surface area contributed by atoms with Crippen LogP contribution in [0.1, 0.15) is 49.1 Å². The molecule has 1 aromatic rings. The normalized spacial score (nSPS) is 17.1.